The molecule has 2 aromatic rings. The van der Waals surface area contributed by atoms with Crippen molar-refractivity contribution in [3.05, 3.63) is 59.1 Å². The van der Waals surface area contributed by atoms with Gasteiger partial charge < -0.3 is 20.4 Å². The number of hydrogen-bond donors (Lipinski definition) is 2. The van der Waals surface area contributed by atoms with Gasteiger partial charge in [-0.1, -0.05) is 42.8 Å². The second-order valence-electron chi connectivity index (χ2n) is 6.38. The number of nitrogens with one attached hydrogen (secondary N) is 2. The second kappa shape index (κ2) is 8.92. The minimum Gasteiger partial charge on any atom is -0.367 e. The number of carbonyl (C=O) groups excluding carboxylic acids is 1. The summed E-state index contributed by atoms with van der Waals surface area (Å²) >= 11 is 5.98. The summed E-state index contributed by atoms with van der Waals surface area (Å²) < 4.78 is 0. The fourth-order valence-corrected chi connectivity index (χ4v) is 3.37. The van der Waals surface area contributed by atoms with Gasteiger partial charge in [-0.3, -0.25) is 0 Å². The molecule has 0 radical (unpaired) electrons. The standard InChI is InChI=1S/C20H25ClN4O/c1-2-24-10-12-25(13-11-24)19-9-4-3-8-18(19)23-20(26)22-15-16-6-5-7-17(21)14-16/h3-9,14H,2,10-13,15H2,1H3,(H2,22,23,26). The summed E-state index contributed by atoms with van der Waals surface area (Å²) in [6, 6.07) is 15.2. The van der Waals surface area contributed by atoms with Gasteiger partial charge >= 0.3 is 6.03 Å². The third-order valence-corrected chi connectivity index (χ3v) is 4.89. The molecule has 1 fully saturated rings. The number of hydrogen-bond acceptors (Lipinski definition) is 3. The van der Waals surface area contributed by atoms with E-state index in [2.05, 4.69) is 33.4 Å². The van der Waals surface area contributed by atoms with Crippen LogP contribution in [0.15, 0.2) is 48.5 Å². The quantitative estimate of drug-likeness (QED) is 0.839. The minimum atomic E-state index is -0.218. The van der Waals surface area contributed by atoms with Crippen LogP contribution in [0.25, 0.3) is 0 Å². The molecule has 0 aromatic heterocycles. The topological polar surface area (TPSA) is 47.6 Å². The van der Waals surface area contributed by atoms with E-state index >= 15 is 0 Å². The van der Waals surface area contributed by atoms with Crippen molar-refractivity contribution in [2.75, 3.05) is 42.9 Å². The van der Waals surface area contributed by atoms with Crippen molar-refractivity contribution >= 4 is 29.0 Å². The van der Waals surface area contributed by atoms with Crippen molar-refractivity contribution in [2.24, 2.45) is 0 Å². The monoisotopic (exact) mass is 372 g/mol. The van der Waals surface area contributed by atoms with Gasteiger partial charge in [0, 0.05) is 37.7 Å². The fraction of sp³-hybridized carbons (Fsp3) is 0.350. The molecule has 6 heteroatoms. The zero-order valence-electron chi connectivity index (χ0n) is 15.0. The van der Waals surface area contributed by atoms with Gasteiger partial charge in [-0.2, -0.15) is 0 Å². The third kappa shape index (κ3) is 4.90. The number of rotatable bonds is 5. The average molecular weight is 373 g/mol. The molecular weight excluding hydrogens is 348 g/mol. The summed E-state index contributed by atoms with van der Waals surface area (Å²) in [5.41, 5.74) is 2.87. The maximum absolute atomic E-state index is 12.3. The first-order valence-corrected chi connectivity index (χ1v) is 9.39. The van der Waals surface area contributed by atoms with Crippen molar-refractivity contribution in [1.29, 1.82) is 0 Å². The molecule has 2 N–H and O–H groups in total. The van der Waals surface area contributed by atoms with Gasteiger partial charge in [0.2, 0.25) is 0 Å². The van der Waals surface area contributed by atoms with E-state index in [-0.39, 0.29) is 6.03 Å². The van der Waals surface area contributed by atoms with Gasteiger partial charge in [-0.25, -0.2) is 4.79 Å². The summed E-state index contributed by atoms with van der Waals surface area (Å²) in [4.78, 5) is 17.1. The largest absolute Gasteiger partial charge is 0.367 e. The predicted octanol–water partition coefficient (Wildman–Crippen LogP) is 3.80. The van der Waals surface area contributed by atoms with E-state index in [1.165, 1.54) is 0 Å². The lowest BCUT2D eigenvalue weighted by molar-refractivity contribution is 0.251. The van der Waals surface area contributed by atoms with E-state index in [9.17, 15) is 4.79 Å². The molecule has 2 amide bonds. The van der Waals surface area contributed by atoms with Crippen molar-refractivity contribution in [3.63, 3.8) is 0 Å². The van der Waals surface area contributed by atoms with Crippen LogP contribution in [0, 0.1) is 0 Å². The number of para-hydroxylation sites is 2. The number of urea groups is 1. The number of amides is 2. The summed E-state index contributed by atoms with van der Waals surface area (Å²) in [5.74, 6) is 0. The molecule has 0 aliphatic carbocycles. The highest BCUT2D eigenvalue weighted by atomic mass is 35.5. The van der Waals surface area contributed by atoms with E-state index in [1.54, 1.807) is 0 Å². The van der Waals surface area contributed by atoms with E-state index in [0.717, 1.165) is 49.7 Å². The Balaban J connectivity index is 1.60. The molecule has 1 aliphatic heterocycles. The van der Waals surface area contributed by atoms with Crippen molar-refractivity contribution in [2.45, 2.75) is 13.5 Å². The first-order chi connectivity index (χ1) is 12.7. The van der Waals surface area contributed by atoms with Crippen LogP contribution >= 0.6 is 11.6 Å². The average Bonchev–Trinajstić information content (AvgIpc) is 2.67. The molecule has 0 bridgehead atoms. The Morgan fingerprint density at radius 1 is 1.08 bits per heavy atom. The highest BCUT2D eigenvalue weighted by molar-refractivity contribution is 6.30. The van der Waals surface area contributed by atoms with Crippen LogP contribution in [0.5, 0.6) is 0 Å². The SMILES string of the molecule is CCN1CCN(c2ccccc2NC(=O)NCc2cccc(Cl)c2)CC1. The Bertz CT molecular complexity index is 744. The number of halogens is 1. The van der Waals surface area contributed by atoms with Gasteiger partial charge in [-0.15, -0.1) is 0 Å². The summed E-state index contributed by atoms with van der Waals surface area (Å²) in [5, 5.41) is 6.53. The number of likely N-dealkylation sites (N-methyl/N-ethyl adjacent to an activating group) is 1. The van der Waals surface area contributed by atoms with E-state index in [1.807, 2.05) is 42.5 Å². The number of nitrogens with zero attached hydrogens (tertiary/aromatic N) is 2. The number of carbonyl (C=O) groups is 1. The number of anilines is 2. The van der Waals surface area contributed by atoms with Crippen LogP contribution < -0.4 is 15.5 Å². The second-order valence-corrected chi connectivity index (χ2v) is 6.81. The fourth-order valence-electron chi connectivity index (χ4n) is 3.16. The third-order valence-electron chi connectivity index (χ3n) is 4.65. The lowest BCUT2D eigenvalue weighted by Gasteiger charge is -2.36. The first-order valence-electron chi connectivity index (χ1n) is 9.01. The molecule has 26 heavy (non-hydrogen) atoms. The predicted molar refractivity (Wildman–Crippen MR) is 108 cm³/mol. The van der Waals surface area contributed by atoms with Gasteiger partial charge in [-0.05, 0) is 36.4 Å². The molecule has 3 rings (SSSR count). The first kappa shape index (κ1) is 18.5. The molecule has 1 heterocycles. The van der Waals surface area contributed by atoms with Gasteiger partial charge in [0.15, 0.2) is 0 Å². The van der Waals surface area contributed by atoms with Gasteiger partial charge in [0.25, 0.3) is 0 Å². The van der Waals surface area contributed by atoms with Crippen LogP contribution in [0.4, 0.5) is 16.2 Å². The Kier molecular flexibility index (Phi) is 6.36. The Labute approximate surface area is 159 Å². The summed E-state index contributed by atoms with van der Waals surface area (Å²) in [7, 11) is 0. The summed E-state index contributed by atoms with van der Waals surface area (Å²) in [6.07, 6.45) is 0. The normalized spacial score (nSPS) is 14.9. The van der Waals surface area contributed by atoms with Gasteiger partial charge in [0.1, 0.15) is 0 Å². The lowest BCUT2D eigenvalue weighted by atomic mass is 10.2. The van der Waals surface area contributed by atoms with Crippen LogP contribution in [0.2, 0.25) is 5.02 Å². The molecule has 1 aliphatic rings. The molecular formula is C20H25ClN4O. The zero-order chi connectivity index (χ0) is 18.4. The molecule has 1 saturated heterocycles. The van der Waals surface area contributed by atoms with Crippen LogP contribution in [0.3, 0.4) is 0 Å². The van der Waals surface area contributed by atoms with Crippen molar-refractivity contribution in [3.8, 4) is 0 Å². The maximum atomic E-state index is 12.3. The van der Waals surface area contributed by atoms with Crippen LogP contribution in [0.1, 0.15) is 12.5 Å². The van der Waals surface area contributed by atoms with E-state index < -0.39 is 0 Å². The van der Waals surface area contributed by atoms with E-state index in [4.69, 9.17) is 11.6 Å². The molecule has 5 nitrogen and oxygen atoms in total. The Morgan fingerprint density at radius 2 is 1.85 bits per heavy atom. The highest BCUT2D eigenvalue weighted by Gasteiger charge is 2.18. The van der Waals surface area contributed by atoms with E-state index in [0.29, 0.717) is 11.6 Å². The zero-order valence-corrected chi connectivity index (χ0v) is 15.8. The maximum Gasteiger partial charge on any atom is 0.319 e. The number of benzene rings is 2. The minimum absolute atomic E-state index is 0.218. The lowest BCUT2D eigenvalue weighted by Crippen LogP contribution is -2.46. The molecule has 0 unspecified atom stereocenters. The van der Waals surface area contributed by atoms with Crippen molar-refractivity contribution < 1.29 is 4.79 Å². The Hall–Kier alpha value is -2.24. The van der Waals surface area contributed by atoms with Crippen LogP contribution in [-0.2, 0) is 6.54 Å². The molecule has 0 saturated carbocycles. The molecule has 2 aromatic carbocycles. The molecule has 0 atom stereocenters. The summed E-state index contributed by atoms with van der Waals surface area (Å²) in [6.45, 7) is 7.74. The van der Waals surface area contributed by atoms with Crippen molar-refractivity contribution in [1.82, 2.24) is 10.2 Å². The highest BCUT2D eigenvalue weighted by Crippen LogP contribution is 2.26. The Morgan fingerprint density at radius 3 is 2.58 bits per heavy atom. The van der Waals surface area contributed by atoms with Gasteiger partial charge in [0.05, 0.1) is 11.4 Å². The smallest absolute Gasteiger partial charge is 0.319 e. The number of piperazine rings is 1. The molecule has 0 spiro atoms. The van der Waals surface area contributed by atoms with Crippen LogP contribution in [-0.4, -0.2) is 43.7 Å². The molecule has 138 valence electrons.